The Morgan fingerprint density at radius 3 is 1.95 bits per heavy atom. The molecule has 0 fully saturated rings. The first-order valence-corrected chi connectivity index (χ1v) is 13.5. The Balaban J connectivity index is 1.89. The van der Waals surface area contributed by atoms with Crippen LogP contribution in [0.25, 0.3) is 10.9 Å². The summed E-state index contributed by atoms with van der Waals surface area (Å²) in [4.78, 5) is 77.2. The number of nitrogens with two attached hydrogens (primary N) is 3. The first-order valence-electron chi connectivity index (χ1n) is 13.5. The summed E-state index contributed by atoms with van der Waals surface area (Å²) >= 11 is 0. The maximum atomic E-state index is 13.7. The summed E-state index contributed by atoms with van der Waals surface area (Å²) in [7, 11) is 0. The summed E-state index contributed by atoms with van der Waals surface area (Å²) in [5.74, 6) is -5.31. The van der Waals surface area contributed by atoms with Crippen molar-refractivity contribution in [3.05, 3.63) is 71.9 Å². The van der Waals surface area contributed by atoms with Gasteiger partial charge in [-0.1, -0.05) is 48.5 Å². The number of rotatable bonds is 16. The number of aliphatic carboxylic acids is 1. The number of carboxylic acids is 1. The topological polar surface area (TPSA) is 253 Å². The van der Waals surface area contributed by atoms with Crippen LogP contribution < -0.4 is 33.2 Å². The van der Waals surface area contributed by atoms with Crippen LogP contribution in [-0.4, -0.2) is 69.8 Å². The van der Waals surface area contributed by atoms with E-state index in [0.717, 1.165) is 10.9 Å². The van der Waals surface area contributed by atoms with Crippen molar-refractivity contribution in [2.75, 3.05) is 0 Å². The second-order valence-electron chi connectivity index (χ2n) is 10.1. The summed E-state index contributed by atoms with van der Waals surface area (Å²) in [6.45, 7) is 0. The zero-order valence-electron chi connectivity index (χ0n) is 23.2. The van der Waals surface area contributed by atoms with Crippen LogP contribution in [0.4, 0.5) is 0 Å². The standard InChI is InChI=1S/C29H35N7O7/c30-19(14-25(32)38)26(39)35-23(13-17-15-33-20-9-5-4-8-18(17)20)28(41)36-22(12-16-6-2-1-3-7-16)27(40)34-21(29(42)43)10-11-24(31)37/h1-9,15,19,21-23,33H,10-14,30H2,(H2,31,37)(H2,32,38)(H,34,40)(H,35,39)(H,36,41)(H,42,43). The molecule has 0 spiro atoms. The fourth-order valence-corrected chi connectivity index (χ4v) is 4.47. The minimum Gasteiger partial charge on any atom is -0.480 e. The molecule has 1 heterocycles. The first kappa shape index (κ1) is 32.3. The lowest BCUT2D eigenvalue weighted by Gasteiger charge is -2.25. The van der Waals surface area contributed by atoms with Crippen LogP contribution in [0.15, 0.2) is 60.8 Å². The largest absolute Gasteiger partial charge is 0.480 e. The van der Waals surface area contributed by atoms with Gasteiger partial charge in [-0.3, -0.25) is 24.0 Å². The third-order valence-electron chi connectivity index (χ3n) is 6.70. The highest BCUT2D eigenvalue weighted by atomic mass is 16.4. The van der Waals surface area contributed by atoms with Crippen molar-refractivity contribution in [1.29, 1.82) is 0 Å². The number of hydrogen-bond acceptors (Lipinski definition) is 7. The van der Waals surface area contributed by atoms with Crippen molar-refractivity contribution >= 4 is 46.4 Å². The van der Waals surface area contributed by atoms with E-state index >= 15 is 0 Å². The van der Waals surface area contributed by atoms with E-state index in [4.69, 9.17) is 17.2 Å². The Hall–Kier alpha value is -5.24. The zero-order valence-corrected chi connectivity index (χ0v) is 23.2. The molecule has 4 unspecified atom stereocenters. The minimum atomic E-state index is -1.44. The Labute approximate surface area is 246 Å². The molecule has 0 aliphatic rings. The lowest BCUT2D eigenvalue weighted by molar-refractivity contribution is -0.142. The van der Waals surface area contributed by atoms with Gasteiger partial charge in [-0.25, -0.2) is 4.79 Å². The van der Waals surface area contributed by atoms with Crippen LogP contribution in [0.2, 0.25) is 0 Å². The fraction of sp³-hybridized carbons (Fsp3) is 0.310. The van der Waals surface area contributed by atoms with Gasteiger partial charge in [0.25, 0.3) is 0 Å². The molecule has 5 amide bonds. The molecule has 14 nitrogen and oxygen atoms in total. The SMILES string of the molecule is NC(=O)CCC(NC(=O)C(Cc1ccccc1)NC(=O)C(Cc1c[nH]c2ccccc12)NC(=O)C(N)CC(N)=O)C(=O)O. The third-order valence-corrected chi connectivity index (χ3v) is 6.70. The molecular formula is C29H35N7O7. The third kappa shape index (κ3) is 9.67. The Morgan fingerprint density at radius 2 is 1.33 bits per heavy atom. The van der Waals surface area contributed by atoms with Crippen LogP contribution in [-0.2, 0) is 41.6 Å². The highest BCUT2D eigenvalue weighted by Gasteiger charge is 2.31. The van der Waals surface area contributed by atoms with Gasteiger partial charge in [-0.15, -0.1) is 0 Å². The molecule has 4 atom stereocenters. The maximum Gasteiger partial charge on any atom is 0.326 e. The number of H-pyrrole nitrogens is 1. The molecule has 2 aromatic carbocycles. The number of carbonyl (C=O) groups excluding carboxylic acids is 5. The highest BCUT2D eigenvalue weighted by molar-refractivity contribution is 5.96. The number of fused-ring (bicyclic) bond motifs is 1. The van der Waals surface area contributed by atoms with Gasteiger partial charge in [0.05, 0.1) is 12.5 Å². The molecule has 43 heavy (non-hydrogen) atoms. The van der Waals surface area contributed by atoms with Crippen molar-refractivity contribution < 1.29 is 33.9 Å². The average Bonchev–Trinajstić information content (AvgIpc) is 3.36. The molecule has 0 radical (unpaired) electrons. The normalized spacial score (nSPS) is 13.7. The van der Waals surface area contributed by atoms with Crippen LogP contribution in [0, 0.1) is 0 Å². The molecule has 228 valence electrons. The number of nitrogens with one attached hydrogen (secondary N) is 4. The first-order chi connectivity index (χ1) is 20.4. The van der Waals surface area contributed by atoms with E-state index in [9.17, 15) is 33.9 Å². The van der Waals surface area contributed by atoms with Crippen LogP contribution in [0.5, 0.6) is 0 Å². The molecule has 3 rings (SSSR count). The fourth-order valence-electron chi connectivity index (χ4n) is 4.47. The van der Waals surface area contributed by atoms with E-state index in [-0.39, 0.29) is 25.7 Å². The van der Waals surface area contributed by atoms with Gasteiger partial charge in [0.1, 0.15) is 18.1 Å². The van der Waals surface area contributed by atoms with Crippen LogP contribution >= 0.6 is 0 Å². The Kier molecular flexibility index (Phi) is 11.3. The van der Waals surface area contributed by atoms with Gasteiger partial charge < -0.3 is 43.2 Å². The molecule has 0 aliphatic carbocycles. The quantitative estimate of drug-likeness (QED) is 0.102. The van der Waals surface area contributed by atoms with E-state index in [0.29, 0.717) is 11.1 Å². The predicted octanol–water partition coefficient (Wildman–Crippen LogP) is -1.04. The number of aromatic amines is 1. The Morgan fingerprint density at radius 1 is 0.744 bits per heavy atom. The summed E-state index contributed by atoms with van der Waals surface area (Å²) in [5, 5.41) is 17.9. The minimum absolute atomic E-state index is 0.0130. The van der Waals surface area contributed by atoms with Crippen molar-refractivity contribution in [2.24, 2.45) is 17.2 Å². The molecule has 14 heteroatoms. The number of aromatic nitrogens is 1. The molecular weight excluding hydrogens is 558 g/mol. The van der Waals surface area contributed by atoms with E-state index in [1.807, 2.05) is 24.3 Å². The molecule has 0 saturated carbocycles. The molecule has 3 aromatic rings. The molecule has 0 saturated heterocycles. The van der Waals surface area contributed by atoms with Crippen molar-refractivity contribution in [3.63, 3.8) is 0 Å². The number of hydrogen-bond donors (Lipinski definition) is 8. The second-order valence-corrected chi connectivity index (χ2v) is 10.1. The number of benzene rings is 2. The maximum absolute atomic E-state index is 13.7. The van der Waals surface area contributed by atoms with Gasteiger partial charge >= 0.3 is 5.97 Å². The van der Waals surface area contributed by atoms with Gasteiger partial charge in [-0.05, 0) is 23.6 Å². The summed E-state index contributed by atoms with van der Waals surface area (Å²) in [5.41, 5.74) is 18.3. The monoisotopic (exact) mass is 593 g/mol. The summed E-state index contributed by atoms with van der Waals surface area (Å²) in [6, 6.07) is 10.7. The Bertz CT molecular complexity index is 1470. The summed E-state index contributed by atoms with van der Waals surface area (Å²) < 4.78 is 0. The number of carboxylic acid groups (broad SMARTS) is 1. The van der Waals surface area contributed by atoms with Gasteiger partial charge in [0.2, 0.25) is 29.5 Å². The lowest BCUT2D eigenvalue weighted by Crippen LogP contribution is -2.58. The molecule has 0 bridgehead atoms. The van der Waals surface area contributed by atoms with Crippen molar-refractivity contribution in [3.8, 4) is 0 Å². The number of para-hydroxylation sites is 1. The highest BCUT2D eigenvalue weighted by Crippen LogP contribution is 2.19. The predicted molar refractivity (Wildman–Crippen MR) is 156 cm³/mol. The summed E-state index contributed by atoms with van der Waals surface area (Å²) in [6.07, 6.45) is 0.673. The smallest absolute Gasteiger partial charge is 0.326 e. The number of primary amides is 2. The zero-order chi connectivity index (χ0) is 31.5. The molecule has 11 N–H and O–H groups in total. The van der Waals surface area contributed by atoms with Gasteiger partial charge in [0, 0.05) is 36.4 Å². The lowest BCUT2D eigenvalue weighted by atomic mass is 10.0. The van der Waals surface area contributed by atoms with Gasteiger partial charge in [0.15, 0.2) is 0 Å². The number of carbonyl (C=O) groups is 6. The van der Waals surface area contributed by atoms with Crippen LogP contribution in [0.3, 0.4) is 0 Å². The van der Waals surface area contributed by atoms with Crippen LogP contribution in [0.1, 0.15) is 30.4 Å². The van der Waals surface area contributed by atoms with E-state index in [1.165, 1.54) is 0 Å². The molecule has 0 aliphatic heterocycles. The van der Waals surface area contributed by atoms with E-state index < -0.39 is 66.1 Å². The van der Waals surface area contributed by atoms with E-state index in [2.05, 4.69) is 20.9 Å². The number of amides is 5. The average molecular weight is 594 g/mol. The van der Waals surface area contributed by atoms with Crippen molar-refractivity contribution in [2.45, 2.75) is 56.3 Å². The van der Waals surface area contributed by atoms with E-state index in [1.54, 1.807) is 36.5 Å². The second kappa shape index (κ2) is 15.1. The van der Waals surface area contributed by atoms with Gasteiger partial charge in [-0.2, -0.15) is 0 Å². The molecule has 1 aromatic heterocycles. The van der Waals surface area contributed by atoms with Crippen molar-refractivity contribution in [1.82, 2.24) is 20.9 Å².